The zero-order valence-electron chi connectivity index (χ0n) is 11.7. The van der Waals surface area contributed by atoms with Crippen LogP contribution in [0.5, 0.6) is 5.75 Å². The maximum Gasteiger partial charge on any atom is 0.123 e. The van der Waals surface area contributed by atoms with Crippen LogP contribution in [-0.4, -0.2) is 11.7 Å². The van der Waals surface area contributed by atoms with Gasteiger partial charge in [-0.1, -0.05) is 19.9 Å². The van der Waals surface area contributed by atoms with Crippen LogP contribution in [0.15, 0.2) is 12.1 Å². The summed E-state index contributed by atoms with van der Waals surface area (Å²) in [6.45, 7) is 8.87. The van der Waals surface area contributed by atoms with E-state index in [0.717, 1.165) is 29.8 Å². The molecule has 3 nitrogen and oxygen atoms in total. The molecule has 0 fully saturated rings. The van der Waals surface area contributed by atoms with E-state index in [9.17, 15) is 5.11 Å². The van der Waals surface area contributed by atoms with Crippen molar-refractivity contribution in [2.24, 2.45) is 5.41 Å². The first-order valence-corrected chi connectivity index (χ1v) is 6.27. The van der Waals surface area contributed by atoms with E-state index in [0.29, 0.717) is 12.2 Å². The molecule has 1 aromatic rings. The Kier molecular flexibility index (Phi) is 4.61. The monoisotopic (exact) mass is 246 g/mol. The van der Waals surface area contributed by atoms with Gasteiger partial charge in [0.1, 0.15) is 5.75 Å². The normalized spacial score (nSPS) is 11.1. The van der Waals surface area contributed by atoms with Crippen LogP contribution in [0.1, 0.15) is 37.8 Å². The molecule has 0 saturated carbocycles. The van der Waals surface area contributed by atoms with Gasteiger partial charge in [-0.05, 0) is 37.3 Å². The zero-order valence-corrected chi connectivity index (χ0v) is 11.7. The van der Waals surface area contributed by atoms with Gasteiger partial charge in [0, 0.05) is 24.2 Å². The third kappa shape index (κ3) is 3.66. The van der Waals surface area contributed by atoms with Gasteiger partial charge < -0.3 is 10.4 Å². The first-order chi connectivity index (χ1) is 8.37. The number of phenolic OH excluding ortho intramolecular Hbond substituents is 1. The first-order valence-electron chi connectivity index (χ1n) is 6.27. The van der Waals surface area contributed by atoms with Crippen LogP contribution in [0.4, 0.5) is 5.69 Å². The molecule has 0 amide bonds. The fraction of sp³-hybridized carbons (Fsp3) is 0.533. The van der Waals surface area contributed by atoms with E-state index >= 15 is 0 Å². The number of rotatable bonds is 5. The minimum atomic E-state index is 0.0721. The van der Waals surface area contributed by atoms with Crippen LogP contribution in [0.2, 0.25) is 0 Å². The fourth-order valence-corrected chi connectivity index (χ4v) is 1.84. The van der Waals surface area contributed by atoms with Gasteiger partial charge in [-0.25, -0.2) is 0 Å². The molecule has 0 bridgehead atoms. The van der Waals surface area contributed by atoms with Crippen LogP contribution in [0.3, 0.4) is 0 Å². The number of benzene rings is 1. The average molecular weight is 246 g/mol. The van der Waals surface area contributed by atoms with Crippen molar-refractivity contribution in [2.75, 3.05) is 11.9 Å². The lowest BCUT2D eigenvalue weighted by molar-refractivity contribution is 0.363. The second kappa shape index (κ2) is 5.77. The third-order valence-electron chi connectivity index (χ3n) is 3.30. The molecule has 0 radical (unpaired) electrons. The largest absolute Gasteiger partial charge is 0.507 e. The summed E-state index contributed by atoms with van der Waals surface area (Å²) >= 11 is 0. The second-order valence-electron chi connectivity index (χ2n) is 5.58. The summed E-state index contributed by atoms with van der Waals surface area (Å²) in [4.78, 5) is 0. The predicted octanol–water partition coefficient (Wildman–Crippen LogP) is 3.75. The van der Waals surface area contributed by atoms with Crippen LogP contribution in [0.25, 0.3) is 0 Å². The number of anilines is 1. The third-order valence-corrected chi connectivity index (χ3v) is 3.30. The minimum Gasteiger partial charge on any atom is -0.507 e. The molecule has 0 atom stereocenters. The summed E-state index contributed by atoms with van der Waals surface area (Å²) in [6, 6.07) is 6.08. The highest BCUT2D eigenvalue weighted by Crippen LogP contribution is 2.29. The standard InChI is InChI=1S/C15H22N2O/c1-11-6-7-13(12(2)14(11)18)17-10-15(3,4)8-5-9-16/h6-7,17-18H,5,8,10H2,1-4H3. The smallest absolute Gasteiger partial charge is 0.123 e. The number of aromatic hydroxyl groups is 1. The van der Waals surface area contributed by atoms with Gasteiger partial charge in [0.15, 0.2) is 0 Å². The number of aryl methyl sites for hydroxylation is 1. The van der Waals surface area contributed by atoms with E-state index in [1.165, 1.54) is 0 Å². The summed E-state index contributed by atoms with van der Waals surface area (Å²) in [5.41, 5.74) is 2.80. The summed E-state index contributed by atoms with van der Waals surface area (Å²) in [5.74, 6) is 0.356. The molecule has 0 saturated heterocycles. The Bertz CT molecular complexity index is 458. The Morgan fingerprint density at radius 1 is 1.33 bits per heavy atom. The van der Waals surface area contributed by atoms with Gasteiger partial charge >= 0.3 is 0 Å². The van der Waals surface area contributed by atoms with Gasteiger partial charge in [0.25, 0.3) is 0 Å². The Labute approximate surface area is 109 Å². The minimum absolute atomic E-state index is 0.0721. The lowest BCUT2D eigenvalue weighted by Gasteiger charge is -2.25. The summed E-state index contributed by atoms with van der Waals surface area (Å²) < 4.78 is 0. The number of phenols is 1. The molecule has 18 heavy (non-hydrogen) atoms. The van der Waals surface area contributed by atoms with E-state index in [1.54, 1.807) is 0 Å². The molecule has 98 valence electrons. The maximum atomic E-state index is 9.87. The van der Waals surface area contributed by atoms with Crippen molar-refractivity contribution in [3.63, 3.8) is 0 Å². The molecule has 0 aliphatic heterocycles. The number of nitriles is 1. The van der Waals surface area contributed by atoms with Crippen LogP contribution >= 0.6 is 0 Å². The van der Waals surface area contributed by atoms with E-state index < -0.39 is 0 Å². The van der Waals surface area contributed by atoms with Gasteiger partial charge in [-0.2, -0.15) is 5.26 Å². The Hall–Kier alpha value is -1.69. The van der Waals surface area contributed by atoms with Gasteiger partial charge in [-0.3, -0.25) is 0 Å². The fourth-order valence-electron chi connectivity index (χ4n) is 1.84. The Balaban J connectivity index is 2.70. The number of nitrogens with zero attached hydrogens (tertiary/aromatic N) is 1. The highest BCUT2D eigenvalue weighted by atomic mass is 16.3. The van der Waals surface area contributed by atoms with E-state index in [2.05, 4.69) is 25.2 Å². The summed E-state index contributed by atoms with van der Waals surface area (Å²) in [7, 11) is 0. The first kappa shape index (κ1) is 14.4. The van der Waals surface area contributed by atoms with Crippen molar-refractivity contribution in [3.05, 3.63) is 23.3 Å². The van der Waals surface area contributed by atoms with Gasteiger partial charge in [0.2, 0.25) is 0 Å². The number of hydrogen-bond donors (Lipinski definition) is 2. The molecule has 0 heterocycles. The maximum absolute atomic E-state index is 9.87. The van der Waals surface area contributed by atoms with E-state index in [-0.39, 0.29) is 5.41 Å². The van der Waals surface area contributed by atoms with Crippen molar-refractivity contribution in [3.8, 4) is 11.8 Å². The summed E-state index contributed by atoms with van der Waals surface area (Å²) in [5, 5.41) is 21.9. The SMILES string of the molecule is Cc1ccc(NCC(C)(C)CCC#N)c(C)c1O. The number of nitrogens with one attached hydrogen (secondary N) is 1. The zero-order chi connectivity index (χ0) is 13.8. The molecule has 0 aliphatic carbocycles. The second-order valence-corrected chi connectivity index (χ2v) is 5.58. The van der Waals surface area contributed by atoms with E-state index in [1.807, 2.05) is 26.0 Å². The lowest BCUT2D eigenvalue weighted by Crippen LogP contribution is -2.23. The Morgan fingerprint density at radius 2 is 2.00 bits per heavy atom. The molecule has 1 aromatic carbocycles. The van der Waals surface area contributed by atoms with Crippen molar-refractivity contribution in [1.29, 1.82) is 5.26 Å². The van der Waals surface area contributed by atoms with E-state index in [4.69, 9.17) is 5.26 Å². The van der Waals surface area contributed by atoms with Crippen molar-refractivity contribution >= 4 is 5.69 Å². The molecule has 0 spiro atoms. The molecule has 0 unspecified atom stereocenters. The Morgan fingerprint density at radius 3 is 2.61 bits per heavy atom. The molecular weight excluding hydrogens is 224 g/mol. The van der Waals surface area contributed by atoms with Gasteiger partial charge in [0.05, 0.1) is 6.07 Å². The van der Waals surface area contributed by atoms with Crippen LogP contribution in [-0.2, 0) is 0 Å². The quantitative estimate of drug-likeness (QED) is 0.832. The molecule has 1 rings (SSSR count). The number of hydrogen-bond acceptors (Lipinski definition) is 3. The molecule has 0 aromatic heterocycles. The van der Waals surface area contributed by atoms with Crippen molar-refractivity contribution < 1.29 is 5.11 Å². The topological polar surface area (TPSA) is 56.0 Å². The van der Waals surface area contributed by atoms with Crippen molar-refractivity contribution in [1.82, 2.24) is 0 Å². The summed E-state index contributed by atoms with van der Waals surface area (Å²) in [6.07, 6.45) is 1.44. The molecule has 3 heteroatoms. The lowest BCUT2D eigenvalue weighted by atomic mass is 9.88. The highest BCUT2D eigenvalue weighted by molar-refractivity contribution is 5.59. The van der Waals surface area contributed by atoms with Gasteiger partial charge in [-0.15, -0.1) is 0 Å². The van der Waals surface area contributed by atoms with Crippen LogP contribution < -0.4 is 5.32 Å². The molecule has 0 aliphatic rings. The van der Waals surface area contributed by atoms with Crippen molar-refractivity contribution in [2.45, 2.75) is 40.5 Å². The van der Waals surface area contributed by atoms with Crippen LogP contribution in [0, 0.1) is 30.6 Å². The average Bonchev–Trinajstić information content (AvgIpc) is 2.33. The molecular formula is C15H22N2O. The molecule has 2 N–H and O–H groups in total. The highest BCUT2D eigenvalue weighted by Gasteiger charge is 2.17. The predicted molar refractivity (Wildman–Crippen MR) is 74.7 cm³/mol.